The van der Waals surface area contributed by atoms with Gasteiger partial charge >= 0.3 is 0 Å². The number of rotatable bonds is 4. The van der Waals surface area contributed by atoms with E-state index < -0.39 is 0 Å². The van der Waals surface area contributed by atoms with Gasteiger partial charge in [0.05, 0.1) is 0 Å². The summed E-state index contributed by atoms with van der Waals surface area (Å²) in [5.74, 6) is -0.0920. The number of hydrogen-bond acceptors (Lipinski definition) is 2. The number of guanidine groups is 2. The van der Waals surface area contributed by atoms with E-state index in [0.717, 1.165) is 0 Å². The van der Waals surface area contributed by atoms with Crippen LogP contribution in [0.5, 0.6) is 0 Å². The van der Waals surface area contributed by atoms with E-state index in [0.29, 0.717) is 13.2 Å². The average Bonchev–Trinajstić information content (AvgIpc) is 2.04. The first-order valence-corrected chi connectivity index (χ1v) is 4.59. The van der Waals surface area contributed by atoms with E-state index >= 15 is 0 Å². The minimum atomic E-state index is -0.194. The topological polar surface area (TPSA) is 101 Å². The summed E-state index contributed by atoms with van der Waals surface area (Å²) in [5.41, 5.74) is 10.4. The first kappa shape index (κ1) is 12.7. The Morgan fingerprint density at radius 3 is 2.43 bits per heavy atom. The van der Waals surface area contributed by atoms with Gasteiger partial charge in [-0.25, -0.2) is 0 Å². The first-order valence-electron chi connectivity index (χ1n) is 4.59. The lowest BCUT2D eigenvalue weighted by atomic mass is 10.5. The van der Waals surface area contributed by atoms with Crippen molar-refractivity contribution in [3.63, 3.8) is 0 Å². The van der Waals surface area contributed by atoms with Gasteiger partial charge in [0.2, 0.25) is 5.96 Å². The number of ether oxygens (including phenoxy) is 1. The summed E-state index contributed by atoms with van der Waals surface area (Å²) in [5, 5.41) is 7.58. The van der Waals surface area contributed by atoms with Crippen LogP contribution in [0, 0.1) is 5.41 Å². The van der Waals surface area contributed by atoms with E-state index in [-0.39, 0.29) is 18.1 Å². The minimum Gasteiger partial charge on any atom is -0.370 e. The van der Waals surface area contributed by atoms with Crippen LogP contribution in [0.1, 0.15) is 20.8 Å². The quantitative estimate of drug-likeness (QED) is 0.336. The lowest BCUT2D eigenvalue weighted by Gasteiger charge is -2.27. The Morgan fingerprint density at radius 1 is 1.50 bits per heavy atom. The van der Waals surface area contributed by atoms with Gasteiger partial charge in [0, 0.05) is 13.2 Å². The van der Waals surface area contributed by atoms with Crippen molar-refractivity contribution in [3.05, 3.63) is 0 Å². The second-order valence-electron chi connectivity index (χ2n) is 2.70. The van der Waals surface area contributed by atoms with Crippen LogP contribution in [-0.4, -0.2) is 36.2 Å². The van der Waals surface area contributed by atoms with Crippen LogP contribution in [-0.2, 0) is 4.74 Å². The average molecular weight is 201 g/mol. The van der Waals surface area contributed by atoms with Crippen LogP contribution >= 0.6 is 0 Å². The molecule has 6 nitrogen and oxygen atoms in total. The molecule has 1 unspecified atom stereocenters. The van der Waals surface area contributed by atoms with Crippen LogP contribution in [0.3, 0.4) is 0 Å². The van der Waals surface area contributed by atoms with E-state index in [9.17, 15) is 0 Å². The molecule has 14 heavy (non-hydrogen) atoms. The zero-order valence-electron chi connectivity index (χ0n) is 8.95. The molecule has 5 N–H and O–H groups in total. The zero-order chi connectivity index (χ0) is 11.1. The van der Waals surface area contributed by atoms with Crippen molar-refractivity contribution in [2.45, 2.75) is 27.0 Å². The van der Waals surface area contributed by atoms with Gasteiger partial charge in [-0.2, -0.15) is 4.99 Å². The Hall–Kier alpha value is -1.30. The van der Waals surface area contributed by atoms with Crippen molar-refractivity contribution in [3.8, 4) is 0 Å². The van der Waals surface area contributed by atoms with Crippen molar-refractivity contribution in [1.82, 2.24) is 4.90 Å². The highest BCUT2D eigenvalue weighted by molar-refractivity contribution is 5.91. The molecule has 6 heteroatoms. The van der Waals surface area contributed by atoms with Crippen molar-refractivity contribution in [2.24, 2.45) is 16.5 Å². The van der Waals surface area contributed by atoms with Gasteiger partial charge in [-0.3, -0.25) is 5.41 Å². The summed E-state index contributed by atoms with van der Waals surface area (Å²) in [6.07, 6.45) is -0.194. The maximum atomic E-state index is 7.58. The van der Waals surface area contributed by atoms with E-state index in [1.807, 2.05) is 20.8 Å². The monoisotopic (exact) mass is 201 g/mol. The molecule has 82 valence electrons. The molecule has 0 bridgehead atoms. The van der Waals surface area contributed by atoms with Crippen LogP contribution in [0.25, 0.3) is 0 Å². The molecule has 0 saturated heterocycles. The number of aliphatic imine (C=N–C) groups is 1. The van der Waals surface area contributed by atoms with E-state index in [2.05, 4.69) is 4.99 Å². The van der Waals surface area contributed by atoms with Crippen LogP contribution in [0.4, 0.5) is 0 Å². The predicted molar refractivity (Wildman–Crippen MR) is 57.0 cm³/mol. The highest BCUT2D eigenvalue weighted by Gasteiger charge is 2.14. The highest BCUT2D eigenvalue weighted by Crippen LogP contribution is 2.02. The molecule has 0 saturated carbocycles. The molecule has 0 rings (SSSR count). The molecule has 0 amide bonds. The number of hydrogen-bond donors (Lipinski definition) is 3. The molecule has 0 aliphatic heterocycles. The molecule has 0 aromatic carbocycles. The molecule has 0 aromatic rings. The standard InChI is InChI=1S/C8H19N5O/c1-4-13(6(3)14-5-2)8(11)12-7(9)10/h6H,4-5H2,1-3H3,(H5,9,10,11,12). The molecular formula is C8H19N5O. The van der Waals surface area contributed by atoms with Crippen molar-refractivity contribution in [1.29, 1.82) is 5.41 Å². The fourth-order valence-corrected chi connectivity index (χ4v) is 1.10. The summed E-state index contributed by atoms with van der Waals surface area (Å²) in [6.45, 7) is 6.87. The smallest absolute Gasteiger partial charge is 0.223 e. The maximum absolute atomic E-state index is 7.58. The molecule has 0 aliphatic rings. The van der Waals surface area contributed by atoms with Gasteiger partial charge in [-0.15, -0.1) is 0 Å². The Kier molecular flexibility index (Phi) is 5.62. The SMILES string of the molecule is CCOC(C)N(CC)C(=N)N=C(N)N. The molecule has 1 atom stereocenters. The third kappa shape index (κ3) is 4.08. The number of nitrogens with two attached hydrogens (primary N) is 2. The predicted octanol–water partition coefficient (Wildman–Crippen LogP) is -0.101. The molecule has 0 heterocycles. The minimum absolute atomic E-state index is 0.0217. The van der Waals surface area contributed by atoms with Crippen molar-refractivity contribution >= 4 is 11.9 Å². The van der Waals surface area contributed by atoms with Crippen LogP contribution < -0.4 is 11.5 Å². The second-order valence-corrected chi connectivity index (χ2v) is 2.70. The van der Waals surface area contributed by atoms with Crippen molar-refractivity contribution in [2.75, 3.05) is 13.2 Å². The van der Waals surface area contributed by atoms with Gasteiger partial charge < -0.3 is 21.1 Å². The third-order valence-corrected chi connectivity index (χ3v) is 1.69. The molecule has 0 spiro atoms. The summed E-state index contributed by atoms with van der Waals surface area (Å²) in [4.78, 5) is 5.31. The van der Waals surface area contributed by atoms with Gasteiger partial charge in [0.25, 0.3) is 0 Å². The van der Waals surface area contributed by atoms with Crippen molar-refractivity contribution < 1.29 is 4.74 Å². The zero-order valence-corrected chi connectivity index (χ0v) is 8.95. The lowest BCUT2D eigenvalue weighted by molar-refractivity contribution is -0.00518. The van der Waals surface area contributed by atoms with E-state index in [4.69, 9.17) is 21.6 Å². The molecule has 0 aliphatic carbocycles. The van der Waals surface area contributed by atoms with Gasteiger partial charge in [-0.1, -0.05) is 0 Å². The molecular weight excluding hydrogens is 182 g/mol. The summed E-state index contributed by atoms with van der Waals surface area (Å²) in [6, 6.07) is 0. The van der Waals surface area contributed by atoms with Gasteiger partial charge in [-0.05, 0) is 20.8 Å². The van der Waals surface area contributed by atoms with Crippen LogP contribution in [0.2, 0.25) is 0 Å². The van der Waals surface area contributed by atoms with E-state index in [1.165, 1.54) is 0 Å². The molecule has 0 aromatic heterocycles. The molecule has 0 fully saturated rings. The Morgan fingerprint density at radius 2 is 2.07 bits per heavy atom. The normalized spacial score (nSPS) is 11.9. The second kappa shape index (κ2) is 6.20. The Bertz CT molecular complexity index is 212. The first-order chi connectivity index (χ1) is 6.52. The summed E-state index contributed by atoms with van der Waals surface area (Å²) < 4.78 is 5.33. The fraction of sp³-hybridized carbons (Fsp3) is 0.750. The number of nitrogens with zero attached hydrogens (tertiary/aromatic N) is 2. The highest BCUT2D eigenvalue weighted by atomic mass is 16.5. The fourth-order valence-electron chi connectivity index (χ4n) is 1.10. The summed E-state index contributed by atoms with van der Waals surface area (Å²) in [7, 11) is 0. The number of nitrogens with one attached hydrogen (secondary N) is 1. The lowest BCUT2D eigenvalue weighted by Crippen LogP contribution is -2.40. The Balaban J connectivity index is 4.40. The largest absolute Gasteiger partial charge is 0.370 e. The van der Waals surface area contributed by atoms with E-state index in [1.54, 1.807) is 4.90 Å². The van der Waals surface area contributed by atoms with Crippen LogP contribution in [0.15, 0.2) is 4.99 Å². The van der Waals surface area contributed by atoms with Gasteiger partial charge in [0.1, 0.15) is 6.23 Å². The molecule has 0 radical (unpaired) electrons. The van der Waals surface area contributed by atoms with Gasteiger partial charge in [0.15, 0.2) is 5.96 Å². The summed E-state index contributed by atoms with van der Waals surface area (Å²) >= 11 is 0. The third-order valence-electron chi connectivity index (χ3n) is 1.69. The maximum Gasteiger partial charge on any atom is 0.223 e. The Labute approximate surface area is 84.4 Å².